The van der Waals surface area contributed by atoms with Crippen LogP contribution in [0.2, 0.25) is 0 Å². The molecule has 28 heavy (non-hydrogen) atoms. The highest BCUT2D eigenvalue weighted by atomic mass is 32.1. The Hall–Kier alpha value is -2.40. The van der Waals surface area contributed by atoms with Gasteiger partial charge in [-0.2, -0.15) is 0 Å². The molecule has 2 aliphatic rings. The molecule has 2 heterocycles. The van der Waals surface area contributed by atoms with Crippen LogP contribution in [0.15, 0.2) is 41.6 Å². The highest BCUT2D eigenvalue weighted by molar-refractivity contribution is 7.18. The average Bonchev–Trinajstić information content (AvgIpc) is 2.96. The Balaban J connectivity index is 1.91. The number of fused-ring (bicyclic) bond motifs is 1. The van der Waals surface area contributed by atoms with Gasteiger partial charge in [0.15, 0.2) is 5.78 Å². The molecule has 1 aliphatic carbocycles. The summed E-state index contributed by atoms with van der Waals surface area (Å²) in [5, 5.41) is 4.47. The van der Waals surface area contributed by atoms with Crippen LogP contribution in [0.4, 0.5) is 5.00 Å². The molecule has 1 aromatic heterocycles. The molecule has 0 bridgehead atoms. The van der Waals surface area contributed by atoms with Crippen molar-refractivity contribution in [2.75, 3.05) is 11.9 Å². The molecule has 0 amide bonds. The molecule has 4 rings (SSSR count). The third-order valence-corrected chi connectivity index (χ3v) is 6.75. The fourth-order valence-electron chi connectivity index (χ4n) is 4.40. The molecule has 0 spiro atoms. The lowest BCUT2D eigenvalue weighted by molar-refractivity contribution is -0.118. The van der Waals surface area contributed by atoms with Gasteiger partial charge in [0.1, 0.15) is 4.88 Å². The number of hydrogen-bond acceptors (Lipinski definition) is 5. The Kier molecular flexibility index (Phi) is 4.66. The fraction of sp³-hybridized carbons (Fsp3) is 0.391. The lowest BCUT2D eigenvalue weighted by atomic mass is 9.69. The number of carbonyl (C=O) groups is 2. The molecule has 0 saturated heterocycles. The van der Waals surface area contributed by atoms with E-state index in [2.05, 4.69) is 31.3 Å². The Bertz CT molecular complexity index is 985. The van der Waals surface area contributed by atoms with Crippen LogP contribution in [0.25, 0.3) is 0 Å². The van der Waals surface area contributed by atoms with Crippen molar-refractivity contribution in [3.63, 3.8) is 0 Å². The molecule has 4 nitrogen and oxygen atoms in total. The number of Topliss-reactive ketones (excluding diaryl/α,β-unsaturated/α-hetero) is 1. The Labute approximate surface area is 169 Å². The Morgan fingerprint density at radius 2 is 1.96 bits per heavy atom. The summed E-state index contributed by atoms with van der Waals surface area (Å²) in [6.45, 7) is 8.38. The number of ketones is 1. The Morgan fingerprint density at radius 1 is 1.25 bits per heavy atom. The molecule has 2 aromatic rings. The first-order chi connectivity index (χ1) is 13.3. The zero-order valence-electron chi connectivity index (χ0n) is 16.7. The number of thiophene rings is 1. The first-order valence-electron chi connectivity index (χ1n) is 9.71. The van der Waals surface area contributed by atoms with E-state index in [1.807, 2.05) is 32.0 Å². The molecule has 1 aliphatic heterocycles. The van der Waals surface area contributed by atoms with Crippen LogP contribution in [0.5, 0.6) is 0 Å². The van der Waals surface area contributed by atoms with E-state index in [9.17, 15) is 9.59 Å². The zero-order valence-corrected chi connectivity index (χ0v) is 17.5. The lowest BCUT2D eigenvalue weighted by Crippen LogP contribution is -2.33. The predicted molar refractivity (Wildman–Crippen MR) is 112 cm³/mol. The number of rotatable bonds is 3. The largest absolute Gasteiger partial charge is 0.462 e. The van der Waals surface area contributed by atoms with Crippen molar-refractivity contribution in [3.05, 3.63) is 63.2 Å². The molecular formula is C23H25NO3S. The van der Waals surface area contributed by atoms with Gasteiger partial charge in [-0.05, 0) is 36.8 Å². The number of anilines is 1. The number of esters is 1. The van der Waals surface area contributed by atoms with Crippen LogP contribution in [-0.2, 0) is 9.53 Å². The number of allylic oxidation sites excluding steroid dienone is 2. The van der Waals surface area contributed by atoms with Crippen molar-refractivity contribution in [1.29, 1.82) is 0 Å². The van der Waals surface area contributed by atoms with E-state index < -0.39 is 0 Å². The Morgan fingerprint density at radius 3 is 2.64 bits per heavy atom. The van der Waals surface area contributed by atoms with E-state index in [4.69, 9.17) is 4.74 Å². The van der Waals surface area contributed by atoms with Crippen LogP contribution in [-0.4, -0.2) is 18.4 Å². The molecule has 1 atom stereocenters. The SMILES string of the molecule is CCOC(=O)c1sc2c(c1C)[C@H](c1ccccc1)C1=C(CC(C)(C)CC1=O)N2. The van der Waals surface area contributed by atoms with Gasteiger partial charge in [0.2, 0.25) is 0 Å². The van der Waals surface area contributed by atoms with E-state index in [-0.39, 0.29) is 23.1 Å². The molecule has 5 heteroatoms. The summed E-state index contributed by atoms with van der Waals surface area (Å²) >= 11 is 1.43. The first kappa shape index (κ1) is 18.9. The quantitative estimate of drug-likeness (QED) is 0.704. The average molecular weight is 396 g/mol. The summed E-state index contributed by atoms with van der Waals surface area (Å²) in [7, 11) is 0. The molecule has 0 radical (unpaired) electrons. The fourth-order valence-corrected chi connectivity index (χ4v) is 5.56. The van der Waals surface area contributed by atoms with E-state index in [0.717, 1.165) is 39.4 Å². The van der Waals surface area contributed by atoms with E-state index in [0.29, 0.717) is 17.9 Å². The van der Waals surface area contributed by atoms with E-state index in [1.54, 1.807) is 0 Å². The third-order valence-electron chi connectivity index (χ3n) is 5.55. The highest BCUT2D eigenvalue weighted by Gasteiger charge is 2.42. The van der Waals surface area contributed by atoms with Crippen molar-refractivity contribution < 1.29 is 14.3 Å². The second-order valence-corrected chi connectivity index (χ2v) is 9.34. The minimum atomic E-state index is -0.294. The smallest absolute Gasteiger partial charge is 0.348 e. The summed E-state index contributed by atoms with van der Waals surface area (Å²) in [6, 6.07) is 10.1. The van der Waals surface area contributed by atoms with Crippen LogP contribution in [0.3, 0.4) is 0 Å². The van der Waals surface area contributed by atoms with Crippen molar-refractivity contribution >= 4 is 28.1 Å². The van der Waals surface area contributed by atoms with Crippen LogP contribution >= 0.6 is 11.3 Å². The minimum absolute atomic E-state index is 0.0715. The predicted octanol–water partition coefficient (Wildman–Crippen LogP) is 5.43. The van der Waals surface area contributed by atoms with Gasteiger partial charge in [0.25, 0.3) is 0 Å². The molecule has 1 N–H and O–H groups in total. The van der Waals surface area contributed by atoms with Gasteiger partial charge >= 0.3 is 5.97 Å². The first-order valence-corrected chi connectivity index (χ1v) is 10.5. The van der Waals surface area contributed by atoms with Gasteiger partial charge in [-0.1, -0.05) is 44.2 Å². The monoisotopic (exact) mass is 395 g/mol. The topological polar surface area (TPSA) is 55.4 Å². The van der Waals surface area contributed by atoms with Crippen molar-refractivity contribution in [3.8, 4) is 0 Å². The zero-order chi connectivity index (χ0) is 20.1. The minimum Gasteiger partial charge on any atom is -0.462 e. The van der Waals surface area contributed by atoms with Crippen molar-refractivity contribution in [2.24, 2.45) is 5.41 Å². The van der Waals surface area contributed by atoms with Gasteiger partial charge in [0.05, 0.1) is 11.6 Å². The van der Waals surface area contributed by atoms with Gasteiger partial charge in [-0.15, -0.1) is 11.3 Å². The van der Waals surface area contributed by atoms with Gasteiger partial charge in [-0.25, -0.2) is 4.79 Å². The van der Waals surface area contributed by atoms with Gasteiger partial charge in [-0.3, -0.25) is 4.79 Å². The molecule has 0 fully saturated rings. The van der Waals surface area contributed by atoms with Crippen molar-refractivity contribution in [2.45, 2.75) is 46.5 Å². The van der Waals surface area contributed by atoms with Crippen LogP contribution in [0.1, 0.15) is 65.9 Å². The maximum absolute atomic E-state index is 13.2. The molecular weight excluding hydrogens is 370 g/mol. The second kappa shape index (κ2) is 6.89. The van der Waals surface area contributed by atoms with E-state index in [1.165, 1.54) is 11.3 Å². The summed E-state index contributed by atoms with van der Waals surface area (Å²) in [6.07, 6.45) is 1.36. The van der Waals surface area contributed by atoms with Gasteiger partial charge in [0, 0.05) is 29.2 Å². The number of carbonyl (C=O) groups excluding carboxylic acids is 2. The van der Waals surface area contributed by atoms with E-state index >= 15 is 0 Å². The molecule has 0 saturated carbocycles. The molecule has 1 aromatic carbocycles. The summed E-state index contributed by atoms with van der Waals surface area (Å²) in [5.74, 6) is -0.241. The second-order valence-electron chi connectivity index (χ2n) is 8.32. The normalized spacial score (nSPS) is 20.3. The summed E-state index contributed by atoms with van der Waals surface area (Å²) in [5.41, 5.74) is 4.81. The van der Waals surface area contributed by atoms with Gasteiger partial charge < -0.3 is 10.1 Å². The standard InChI is InChI=1S/C23H25NO3S/c1-5-27-22(26)20-13(2)17-18(14-9-7-6-8-10-14)19-15(24-21(17)28-20)11-23(3,4)12-16(19)25/h6-10,18,24H,5,11-12H2,1-4H3/t18-/m0/s1. The highest BCUT2D eigenvalue weighted by Crippen LogP contribution is 2.52. The number of benzene rings is 1. The maximum Gasteiger partial charge on any atom is 0.348 e. The molecule has 0 unspecified atom stereocenters. The van der Waals surface area contributed by atoms with Crippen molar-refractivity contribution in [1.82, 2.24) is 0 Å². The number of hydrogen-bond donors (Lipinski definition) is 1. The lowest BCUT2D eigenvalue weighted by Gasteiger charge is -2.38. The van der Waals surface area contributed by atoms with Crippen LogP contribution < -0.4 is 5.32 Å². The van der Waals surface area contributed by atoms with Crippen LogP contribution in [0, 0.1) is 12.3 Å². The third kappa shape index (κ3) is 3.08. The summed E-state index contributed by atoms with van der Waals surface area (Å²) in [4.78, 5) is 26.3. The number of ether oxygens (including phenoxy) is 1. The maximum atomic E-state index is 13.2. The number of nitrogens with one attached hydrogen (secondary N) is 1. The summed E-state index contributed by atoms with van der Waals surface area (Å²) < 4.78 is 5.26. The molecule has 146 valence electrons.